The van der Waals surface area contributed by atoms with Gasteiger partial charge in [-0.2, -0.15) is 0 Å². The van der Waals surface area contributed by atoms with E-state index in [1.165, 1.54) is 0 Å². The van der Waals surface area contributed by atoms with Crippen LogP contribution in [-0.4, -0.2) is 17.4 Å². The number of rotatable bonds is 4. The van der Waals surface area contributed by atoms with Gasteiger partial charge < -0.3 is 9.47 Å². The van der Waals surface area contributed by atoms with Gasteiger partial charge in [0.2, 0.25) is 0 Å². The van der Waals surface area contributed by atoms with Gasteiger partial charge in [0.25, 0.3) is 0 Å². The summed E-state index contributed by atoms with van der Waals surface area (Å²) in [4.78, 5) is 26.1. The molecule has 4 nitrogen and oxygen atoms in total. The van der Waals surface area contributed by atoms with E-state index in [2.05, 4.69) is 0 Å². The van der Waals surface area contributed by atoms with Gasteiger partial charge in [0.1, 0.15) is 23.9 Å². The molecule has 0 heterocycles. The van der Waals surface area contributed by atoms with Crippen molar-refractivity contribution in [2.24, 2.45) is 11.8 Å². The average Bonchev–Trinajstić information content (AvgIpc) is 3.15. The molecule has 0 aliphatic heterocycles. The minimum absolute atomic E-state index is 0.0224. The Morgan fingerprint density at radius 3 is 2.55 bits per heavy atom. The fourth-order valence-corrected chi connectivity index (χ4v) is 4.69. The number of hydrogen-bond acceptors (Lipinski definition) is 4. The first-order valence-electron chi connectivity index (χ1n) is 10.4. The first-order chi connectivity index (χ1) is 13.8. The van der Waals surface area contributed by atoms with Crippen molar-refractivity contribution in [3.05, 3.63) is 65.2 Å². The van der Waals surface area contributed by atoms with Gasteiger partial charge in [-0.3, -0.25) is 9.59 Å². The third kappa shape index (κ3) is 4.07. The SMILES string of the molecule is CC(C)(C)OC(=O)C1C(=O)c2ccc(OCc3ccccc3)cc2[C@H]2CCC[C@@H]12. The summed E-state index contributed by atoms with van der Waals surface area (Å²) in [5.74, 6) is -0.178. The monoisotopic (exact) mass is 392 g/mol. The van der Waals surface area contributed by atoms with Crippen LogP contribution in [-0.2, 0) is 16.1 Å². The molecule has 0 spiro atoms. The number of ketones is 1. The van der Waals surface area contributed by atoms with E-state index >= 15 is 0 Å². The van der Waals surface area contributed by atoms with Crippen LogP contribution >= 0.6 is 0 Å². The third-order valence-corrected chi connectivity index (χ3v) is 5.88. The molecule has 3 atom stereocenters. The van der Waals surface area contributed by atoms with Crippen molar-refractivity contribution in [1.29, 1.82) is 0 Å². The molecule has 2 aliphatic carbocycles. The molecule has 0 saturated heterocycles. The second kappa shape index (κ2) is 7.66. The van der Waals surface area contributed by atoms with Crippen LogP contribution in [0.4, 0.5) is 0 Å². The van der Waals surface area contributed by atoms with E-state index in [4.69, 9.17) is 9.47 Å². The summed E-state index contributed by atoms with van der Waals surface area (Å²) in [7, 11) is 0. The molecule has 1 saturated carbocycles. The molecule has 1 fully saturated rings. The third-order valence-electron chi connectivity index (χ3n) is 5.88. The number of benzene rings is 2. The Morgan fingerprint density at radius 1 is 1.07 bits per heavy atom. The van der Waals surface area contributed by atoms with Gasteiger partial charge in [-0.15, -0.1) is 0 Å². The standard InChI is InChI=1S/C25H28O4/c1-25(2,3)29-24(27)22-19-11-7-10-18(19)21-14-17(12-13-20(21)23(22)26)28-15-16-8-5-4-6-9-16/h4-6,8-9,12-14,18-19,22H,7,10-11,15H2,1-3H3/t18-,19+,22?/m0/s1. The molecular formula is C25H28O4. The smallest absolute Gasteiger partial charge is 0.317 e. The first kappa shape index (κ1) is 19.7. The Hall–Kier alpha value is -2.62. The highest BCUT2D eigenvalue weighted by molar-refractivity contribution is 6.11. The molecule has 0 bridgehead atoms. The predicted molar refractivity (Wildman–Crippen MR) is 111 cm³/mol. The van der Waals surface area contributed by atoms with Crippen LogP contribution in [0.15, 0.2) is 48.5 Å². The second-order valence-corrected chi connectivity index (χ2v) is 9.10. The number of fused-ring (bicyclic) bond motifs is 3. The predicted octanol–water partition coefficient (Wildman–Crippen LogP) is 5.30. The van der Waals surface area contributed by atoms with Gasteiger partial charge >= 0.3 is 5.97 Å². The number of carbonyl (C=O) groups excluding carboxylic acids is 2. The maximum absolute atomic E-state index is 13.2. The Bertz CT molecular complexity index is 910. The summed E-state index contributed by atoms with van der Waals surface area (Å²) in [5.41, 5.74) is 2.19. The van der Waals surface area contributed by atoms with Crippen molar-refractivity contribution in [3.63, 3.8) is 0 Å². The summed E-state index contributed by atoms with van der Waals surface area (Å²) in [6, 6.07) is 15.7. The molecule has 2 aromatic rings. The van der Waals surface area contributed by atoms with Crippen LogP contribution in [0.3, 0.4) is 0 Å². The molecule has 0 amide bonds. The minimum atomic E-state index is -0.690. The Balaban J connectivity index is 1.59. The average molecular weight is 392 g/mol. The van der Waals surface area contributed by atoms with Crippen molar-refractivity contribution in [1.82, 2.24) is 0 Å². The van der Waals surface area contributed by atoms with Gasteiger partial charge in [0.15, 0.2) is 5.78 Å². The number of hydrogen-bond donors (Lipinski definition) is 0. The maximum atomic E-state index is 13.2. The lowest BCUT2D eigenvalue weighted by molar-refractivity contribution is -0.160. The van der Waals surface area contributed by atoms with Gasteiger partial charge in [-0.05, 0) is 74.8 Å². The van der Waals surface area contributed by atoms with Gasteiger partial charge in [-0.1, -0.05) is 36.8 Å². The molecule has 2 aromatic carbocycles. The molecule has 4 rings (SSSR count). The number of esters is 1. The molecular weight excluding hydrogens is 364 g/mol. The Morgan fingerprint density at radius 2 is 1.83 bits per heavy atom. The fourth-order valence-electron chi connectivity index (χ4n) is 4.69. The number of Topliss-reactive ketones (excluding diaryl/α,β-unsaturated/α-hetero) is 1. The Labute approximate surface area is 172 Å². The van der Waals surface area contributed by atoms with E-state index in [1.54, 1.807) is 0 Å². The minimum Gasteiger partial charge on any atom is -0.489 e. The highest BCUT2D eigenvalue weighted by atomic mass is 16.6. The maximum Gasteiger partial charge on any atom is 0.317 e. The lowest BCUT2D eigenvalue weighted by Gasteiger charge is -2.35. The van der Waals surface area contributed by atoms with Crippen molar-refractivity contribution < 1.29 is 19.1 Å². The molecule has 2 aliphatic rings. The van der Waals surface area contributed by atoms with Crippen molar-refractivity contribution in [2.75, 3.05) is 0 Å². The van der Waals surface area contributed by atoms with E-state index in [0.29, 0.717) is 12.2 Å². The quantitative estimate of drug-likeness (QED) is 0.523. The molecule has 1 unspecified atom stereocenters. The first-order valence-corrected chi connectivity index (χ1v) is 10.4. The summed E-state index contributed by atoms with van der Waals surface area (Å²) in [5, 5.41) is 0. The molecule has 0 radical (unpaired) electrons. The zero-order valence-electron chi connectivity index (χ0n) is 17.3. The van der Waals surface area contributed by atoms with E-state index in [0.717, 1.165) is 36.1 Å². The Kier molecular flexibility index (Phi) is 5.20. The number of carbonyl (C=O) groups is 2. The van der Waals surface area contributed by atoms with Crippen LogP contribution in [0.5, 0.6) is 5.75 Å². The zero-order valence-corrected chi connectivity index (χ0v) is 17.3. The van der Waals surface area contributed by atoms with Crippen LogP contribution in [0.25, 0.3) is 0 Å². The van der Waals surface area contributed by atoms with Crippen molar-refractivity contribution in [3.8, 4) is 5.75 Å². The van der Waals surface area contributed by atoms with Crippen molar-refractivity contribution >= 4 is 11.8 Å². The van der Waals surface area contributed by atoms with E-state index in [9.17, 15) is 9.59 Å². The van der Waals surface area contributed by atoms with E-state index < -0.39 is 11.5 Å². The lowest BCUT2D eigenvalue weighted by atomic mass is 9.69. The molecule has 4 heteroatoms. The normalized spacial score (nSPS) is 23.3. The van der Waals surface area contributed by atoms with Gasteiger partial charge in [-0.25, -0.2) is 0 Å². The van der Waals surface area contributed by atoms with Crippen LogP contribution in [0, 0.1) is 11.8 Å². The van der Waals surface area contributed by atoms with Crippen LogP contribution in [0.1, 0.15) is 67.4 Å². The molecule has 29 heavy (non-hydrogen) atoms. The molecule has 0 aromatic heterocycles. The molecule has 152 valence electrons. The van der Waals surface area contributed by atoms with E-state index in [-0.39, 0.29) is 23.6 Å². The molecule has 0 N–H and O–H groups in total. The van der Waals surface area contributed by atoms with Crippen LogP contribution in [0.2, 0.25) is 0 Å². The summed E-state index contributed by atoms with van der Waals surface area (Å²) in [6.07, 6.45) is 2.90. The zero-order chi connectivity index (χ0) is 20.6. The largest absolute Gasteiger partial charge is 0.489 e. The van der Waals surface area contributed by atoms with Crippen LogP contribution < -0.4 is 4.74 Å². The van der Waals surface area contributed by atoms with Crippen molar-refractivity contribution in [2.45, 2.75) is 58.2 Å². The van der Waals surface area contributed by atoms with E-state index in [1.807, 2.05) is 69.3 Å². The highest BCUT2D eigenvalue weighted by Crippen LogP contribution is 2.50. The highest BCUT2D eigenvalue weighted by Gasteiger charge is 2.49. The van der Waals surface area contributed by atoms with Gasteiger partial charge in [0, 0.05) is 5.56 Å². The summed E-state index contributed by atoms with van der Waals surface area (Å²) >= 11 is 0. The van der Waals surface area contributed by atoms with Gasteiger partial charge in [0.05, 0.1) is 0 Å². The second-order valence-electron chi connectivity index (χ2n) is 9.10. The number of ether oxygens (including phenoxy) is 2. The summed E-state index contributed by atoms with van der Waals surface area (Å²) < 4.78 is 11.6. The lowest BCUT2D eigenvalue weighted by Crippen LogP contribution is -2.41. The summed E-state index contributed by atoms with van der Waals surface area (Å²) in [6.45, 7) is 6.01. The topological polar surface area (TPSA) is 52.6 Å². The fraction of sp³-hybridized carbons (Fsp3) is 0.440.